The smallest absolute Gasteiger partial charge is 0.323 e. The summed E-state index contributed by atoms with van der Waals surface area (Å²) in [4.78, 5) is 11.1. The number of carbonyl (C=O) groups is 1. The minimum Gasteiger partial charge on any atom is -0.480 e. The third kappa shape index (κ3) is 4.27. The van der Waals surface area contributed by atoms with Gasteiger partial charge in [-0.2, -0.15) is 0 Å². The molecule has 0 heterocycles. The molecule has 0 radical (unpaired) electrons. The number of rotatable bonds is 4. The van der Waals surface area contributed by atoms with Crippen LogP contribution in [0.5, 0.6) is 0 Å². The van der Waals surface area contributed by atoms with E-state index in [9.17, 15) is 9.36 Å². The Morgan fingerprint density at radius 2 is 2.27 bits per heavy atom. The van der Waals surface area contributed by atoms with Crippen LogP contribution in [0.25, 0.3) is 0 Å². The molecular weight excluding hydrogens is 169 g/mol. The predicted molar refractivity (Wildman–Crippen MR) is 38.7 cm³/mol. The fourth-order valence-electron chi connectivity index (χ4n) is 0.444. The van der Waals surface area contributed by atoms with Gasteiger partial charge < -0.3 is 15.7 Å². The van der Waals surface area contributed by atoms with Gasteiger partial charge >= 0.3 is 5.97 Å². The molecule has 0 aromatic rings. The normalized spacial score (nSPS) is 9.45. The zero-order valence-corrected chi connectivity index (χ0v) is 6.54. The van der Waals surface area contributed by atoms with Crippen LogP contribution < -0.4 is 5.73 Å². The highest BCUT2D eigenvalue weighted by Gasteiger charge is 2.09. The van der Waals surface area contributed by atoms with E-state index >= 15 is 0 Å². The first-order chi connectivity index (χ1) is 5.07. The van der Waals surface area contributed by atoms with Crippen molar-refractivity contribution in [3.8, 4) is 0 Å². The summed E-state index contributed by atoms with van der Waals surface area (Å²) in [6.07, 6.45) is -0.0678. The Balaban J connectivity index is 3.99. The molecule has 0 aromatic carbocycles. The average molecular weight is 177 g/mol. The van der Waals surface area contributed by atoms with Crippen molar-refractivity contribution in [2.24, 2.45) is 5.73 Å². The van der Waals surface area contributed by atoms with Crippen molar-refractivity contribution >= 4 is 20.4 Å². The van der Waals surface area contributed by atoms with E-state index in [1.807, 2.05) is 0 Å². The van der Waals surface area contributed by atoms with Crippen molar-refractivity contribution < 1.29 is 14.5 Å². The number of hydrogen-bond donors (Lipinski definition) is 3. The van der Waals surface area contributed by atoms with Gasteiger partial charge in [-0.05, 0) is 0 Å². The highest BCUT2D eigenvalue weighted by molar-refractivity contribution is 7.23. The summed E-state index contributed by atoms with van der Waals surface area (Å²) in [5.41, 5.74) is 4.97. The lowest BCUT2D eigenvalue weighted by atomic mass is 10.6. The molecule has 0 aliphatic carbocycles. The molecule has 0 saturated heterocycles. The van der Waals surface area contributed by atoms with Crippen LogP contribution >= 0.6 is 8.46 Å². The second-order valence-corrected chi connectivity index (χ2v) is 2.29. The van der Waals surface area contributed by atoms with E-state index in [1.54, 1.807) is 0 Å². The molecule has 0 atom stereocenters. The molecule has 0 aromatic heterocycles. The molecule has 0 aliphatic rings. The highest BCUT2D eigenvalue weighted by Crippen LogP contribution is 1.96. The number of carboxylic acid groups (broad SMARTS) is 1. The number of carboxylic acids is 1. The largest absolute Gasteiger partial charge is 0.480 e. The van der Waals surface area contributed by atoms with Gasteiger partial charge in [-0.3, -0.25) is 14.8 Å². The fourth-order valence-corrected chi connectivity index (χ4v) is 0.836. The Labute approximate surface area is 64.7 Å². The maximum Gasteiger partial charge on any atom is 0.323 e. The zero-order chi connectivity index (χ0) is 8.85. The van der Waals surface area contributed by atoms with Gasteiger partial charge in [0.25, 0.3) is 0 Å². The van der Waals surface area contributed by atoms with Gasteiger partial charge in [0.1, 0.15) is 12.8 Å². The number of nitrogens with zero attached hydrogens (tertiary/aromatic N) is 1. The van der Waals surface area contributed by atoms with Crippen molar-refractivity contribution in [1.82, 2.24) is 4.90 Å². The van der Waals surface area contributed by atoms with Gasteiger partial charge in [0.2, 0.25) is 0 Å². The van der Waals surface area contributed by atoms with Gasteiger partial charge in [-0.1, -0.05) is 0 Å². The lowest BCUT2D eigenvalue weighted by Gasteiger charge is -2.15. The summed E-state index contributed by atoms with van der Waals surface area (Å²) < 4.78 is 10.0. The van der Waals surface area contributed by atoms with Crippen LogP contribution in [0.3, 0.4) is 0 Å². The van der Waals surface area contributed by atoms with Crippen LogP contribution in [0.15, 0.2) is 0 Å². The van der Waals surface area contributed by atoms with Crippen LogP contribution in [0.4, 0.5) is 0 Å². The van der Waals surface area contributed by atoms with Crippen molar-refractivity contribution in [2.75, 3.05) is 12.8 Å². The molecule has 0 rings (SSSR count). The van der Waals surface area contributed by atoms with Crippen molar-refractivity contribution in [3.05, 3.63) is 0 Å². The molecule has 6 nitrogen and oxygen atoms in total. The molecule has 0 fully saturated rings. The first-order valence-electron chi connectivity index (χ1n) is 2.67. The summed E-state index contributed by atoms with van der Waals surface area (Å²) in [5.74, 6) is -1.50. The Kier molecular flexibility index (Phi) is 4.14. The van der Waals surface area contributed by atoms with Crippen LogP contribution in [-0.2, 0) is 9.36 Å². The molecule has 0 spiro atoms. The third-order valence-corrected chi connectivity index (χ3v) is 1.35. The summed E-state index contributed by atoms with van der Waals surface area (Å²) >= 11 is 0. The molecule has 7 heteroatoms. The van der Waals surface area contributed by atoms with Gasteiger partial charge in [-0.25, -0.2) is 0 Å². The molecule has 0 bridgehead atoms. The quantitative estimate of drug-likeness (QED) is 0.305. The maximum atomic E-state index is 10.1. The van der Waals surface area contributed by atoms with E-state index in [0.717, 1.165) is 4.90 Å². The number of nitrogens with two attached hydrogens (primary N) is 1. The molecule has 11 heavy (non-hydrogen) atoms. The summed E-state index contributed by atoms with van der Waals surface area (Å²) in [7, 11) is -0.253. The Hall–Kier alpha value is -1.16. The van der Waals surface area contributed by atoms with Gasteiger partial charge in [0, 0.05) is 0 Å². The van der Waals surface area contributed by atoms with Crippen LogP contribution in [0, 0.1) is 5.41 Å². The van der Waals surface area contributed by atoms with Gasteiger partial charge in [0.15, 0.2) is 14.4 Å². The van der Waals surface area contributed by atoms with E-state index in [-0.39, 0.29) is 14.7 Å². The molecule has 0 aliphatic heterocycles. The molecule has 0 amide bonds. The fraction of sp³-hybridized carbons (Fsp3) is 0.500. The first-order valence-corrected chi connectivity index (χ1v) is 3.67. The van der Waals surface area contributed by atoms with E-state index < -0.39 is 18.5 Å². The first kappa shape index (κ1) is 9.84. The predicted octanol–water partition coefficient (Wildman–Crippen LogP) is -0.484. The summed E-state index contributed by atoms with van der Waals surface area (Å²) in [6.45, 7) is -0.398. The maximum absolute atomic E-state index is 10.1. The van der Waals surface area contributed by atoms with Crippen LogP contribution in [0.2, 0.25) is 0 Å². The van der Waals surface area contributed by atoms with Gasteiger partial charge in [-0.15, -0.1) is 0 Å². The topological polar surface area (TPSA) is 107 Å². The Morgan fingerprint density at radius 3 is 2.55 bits per heavy atom. The van der Waals surface area contributed by atoms with E-state index in [0.29, 0.717) is 0 Å². The zero-order valence-electron chi connectivity index (χ0n) is 5.65. The molecule has 0 saturated carbocycles. The second-order valence-electron chi connectivity index (χ2n) is 1.75. The third-order valence-electron chi connectivity index (χ3n) is 0.895. The summed E-state index contributed by atoms with van der Waals surface area (Å²) in [5, 5.41) is 15.1. The van der Waals surface area contributed by atoms with Crippen molar-refractivity contribution in [3.63, 3.8) is 0 Å². The minimum atomic E-state index is -1.11. The number of guanidine groups is 1. The molecule has 0 unspecified atom stereocenters. The van der Waals surface area contributed by atoms with Crippen LogP contribution in [0.1, 0.15) is 0 Å². The lowest BCUT2D eigenvalue weighted by molar-refractivity contribution is -0.137. The Morgan fingerprint density at radius 1 is 1.73 bits per heavy atom. The molecule has 4 N–H and O–H groups in total. The van der Waals surface area contributed by atoms with E-state index in [2.05, 4.69) is 0 Å². The van der Waals surface area contributed by atoms with E-state index in [4.69, 9.17) is 16.2 Å². The summed E-state index contributed by atoms with van der Waals surface area (Å²) in [6, 6.07) is 0. The number of aliphatic carboxylic acids is 1. The second kappa shape index (κ2) is 4.62. The number of nitrogens with one attached hydrogen (secondary N) is 1. The minimum absolute atomic E-state index is 0.0678. The molecule has 62 valence electrons. The van der Waals surface area contributed by atoms with Crippen molar-refractivity contribution in [2.45, 2.75) is 0 Å². The number of hydrogen-bond acceptors (Lipinski definition) is 3. The standard InChI is InChI=1S/C4H8N3O3P/c5-4(6)7(2-11-10)1-3(8)9/h1-2H2,(H3,5,6)(H,8,9). The highest BCUT2D eigenvalue weighted by atomic mass is 31.1. The van der Waals surface area contributed by atoms with Crippen molar-refractivity contribution in [1.29, 1.82) is 5.41 Å². The molecular formula is C4H8N3O3P. The van der Waals surface area contributed by atoms with Crippen LogP contribution in [-0.4, -0.2) is 34.8 Å². The van der Waals surface area contributed by atoms with Gasteiger partial charge in [0.05, 0.1) is 0 Å². The lowest BCUT2D eigenvalue weighted by Crippen LogP contribution is -2.39. The monoisotopic (exact) mass is 177 g/mol. The van der Waals surface area contributed by atoms with E-state index in [1.165, 1.54) is 0 Å². The SMILES string of the molecule is N=C(N)N(CP=O)CC(=O)O. The Bertz CT molecular complexity index is 183. The average Bonchev–Trinajstić information content (AvgIpc) is 1.86.